The number of nitro groups is 1. The van der Waals surface area contributed by atoms with E-state index in [0.29, 0.717) is 16.5 Å². The summed E-state index contributed by atoms with van der Waals surface area (Å²) < 4.78 is 5.49. The fraction of sp³-hybridized carbons (Fsp3) is 0.154. The number of nitro benzene ring substituents is 1. The van der Waals surface area contributed by atoms with Crippen LogP contribution in [-0.4, -0.2) is 17.4 Å². The molecule has 0 unspecified atom stereocenters. The lowest BCUT2D eigenvalue weighted by Gasteiger charge is -2.09. The number of ether oxygens (including phenoxy) is 1. The third kappa shape index (κ3) is 2.83. The minimum absolute atomic E-state index is 0.0210. The summed E-state index contributed by atoms with van der Waals surface area (Å²) in [5, 5.41) is 12.1. The number of rotatable bonds is 5. The molecular formula is C13H13N3O4. The first kappa shape index (κ1) is 13.8. The number of amides is 1. The monoisotopic (exact) mass is 275 g/mol. The molecule has 104 valence electrons. The molecule has 3 N–H and O–H groups in total. The number of benzene rings is 2. The largest absolute Gasteiger partial charge is 0.492 e. The summed E-state index contributed by atoms with van der Waals surface area (Å²) in [6.07, 6.45) is 0.113. The number of hydrogen-bond donors (Lipinski definition) is 2. The van der Waals surface area contributed by atoms with Gasteiger partial charge in [-0.15, -0.1) is 0 Å². The van der Waals surface area contributed by atoms with Crippen molar-refractivity contribution in [1.82, 2.24) is 5.43 Å². The molecule has 0 fully saturated rings. The summed E-state index contributed by atoms with van der Waals surface area (Å²) >= 11 is 0. The molecule has 0 saturated heterocycles. The summed E-state index contributed by atoms with van der Waals surface area (Å²) in [4.78, 5) is 21.5. The summed E-state index contributed by atoms with van der Waals surface area (Å²) in [5.41, 5.74) is 2.03. The van der Waals surface area contributed by atoms with Crippen LogP contribution in [0.4, 0.5) is 5.69 Å². The molecule has 0 spiro atoms. The van der Waals surface area contributed by atoms with E-state index in [4.69, 9.17) is 10.6 Å². The zero-order chi connectivity index (χ0) is 14.5. The van der Waals surface area contributed by atoms with Crippen LogP contribution in [0.5, 0.6) is 5.75 Å². The molecule has 2 aromatic rings. The lowest BCUT2D eigenvalue weighted by Crippen LogP contribution is -2.31. The second-order valence-electron chi connectivity index (χ2n) is 4.05. The molecule has 0 saturated carbocycles. The molecular weight excluding hydrogens is 262 g/mol. The van der Waals surface area contributed by atoms with Gasteiger partial charge >= 0.3 is 0 Å². The molecule has 2 rings (SSSR count). The molecule has 0 aliphatic rings. The van der Waals surface area contributed by atoms with Crippen LogP contribution in [0.25, 0.3) is 10.8 Å². The van der Waals surface area contributed by atoms with Gasteiger partial charge in [0, 0.05) is 11.5 Å². The number of nitrogens with one attached hydrogen (secondary N) is 1. The van der Waals surface area contributed by atoms with Gasteiger partial charge in [0.15, 0.2) is 0 Å². The molecule has 1 amide bonds. The maximum atomic E-state index is 11.0. The molecule has 0 bridgehead atoms. The average Bonchev–Trinajstić information content (AvgIpc) is 2.46. The topological polar surface area (TPSA) is 107 Å². The second kappa shape index (κ2) is 5.98. The average molecular weight is 275 g/mol. The Morgan fingerprint density at radius 2 is 1.95 bits per heavy atom. The summed E-state index contributed by atoms with van der Waals surface area (Å²) in [7, 11) is 0. The summed E-state index contributed by atoms with van der Waals surface area (Å²) in [6, 6.07) is 9.81. The minimum Gasteiger partial charge on any atom is -0.492 e. The molecule has 20 heavy (non-hydrogen) atoms. The van der Waals surface area contributed by atoms with Crippen LogP contribution in [0.3, 0.4) is 0 Å². The van der Waals surface area contributed by atoms with Gasteiger partial charge in [-0.1, -0.05) is 18.2 Å². The van der Waals surface area contributed by atoms with Gasteiger partial charge in [-0.05, 0) is 12.1 Å². The highest BCUT2D eigenvalue weighted by Crippen LogP contribution is 2.32. The molecule has 0 heterocycles. The third-order valence-corrected chi connectivity index (χ3v) is 2.81. The van der Waals surface area contributed by atoms with E-state index in [1.54, 1.807) is 24.3 Å². The van der Waals surface area contributed by atoms with Gasteiger partial charge in [-0.25, -0.2) is 5.84 Å². The van der Waals surface area contributed by atoms with Gasteiger partial charge in [-0.2, -0.15) is 0 Å². The van der Waals surface area contributed by atoms with Gasteiger partial charge in [0.05, 0.1) is 23.3 Å². The Morgan fingerprint density at radius 3 is 2.60 bits per heavy atom. The zero-order valence-electron chi connectivity index (χ0n) is 10.5. The van der Waals surface area contributed by atoms with Crippen molar-refractivity contribution >= 4 is 22.4 Å². The molecule has 2 aromatic carbocycles. The normalized spacial score (nSPS) is 10.2. The first-order valence-electron chi connectivity index (χ1n) is 5.92. The van der Waals surface area contributed by atoms with E-state index in [1.165, 1.54) is 12.1 Å². The SMILES string of the molecule is NNC(=O)CCOc1ccc([N+](=O)[O-])c2ccccc12. The van der Waals surface area contributed by atoms with E-state index >= 15 is 0 Å². The van der Waals surface area contributed by atoms with Crippen molar-refractivity contribution in [1.29, 1.82) is 0 Å². The first-order chi connectivity index (χ1) is 9.63. The first-order valence-corrected chi connectivity index (χ1v) is 5.92. The second-order valence-corrected chi connectivity index (χ2v) is 4.05. The van der Waals surface area contributed by atoms with Crippen molar-refractivity contribution in [2.75, 3.05) is 6.61 Å². The van der Waals surface area contributed by atoms with E-state index in [-0.39, 0.29) is 24.6 Å². The number of carbonyl (C=O) groups excluding carboxylic acids is 1. The number of hydrazine groups is 1. The van der Waals surface area contributed by atoms with Crippen molar-refractivity contribution in [2.24, 2.45) is 5.84 Å². The molecule has 0 aliphatic heterocycles. The lowest BCUT2D eigenvalue weighted by molar-refractivity contribution is -0.383. The van der Waals surface area contributed by atoms with Crippen molar-refractivity contribution < 1.29 is 14.5 Å². The fourth-order valence-electron chi connectivity index (χ4n) is 1.87. The maximum absolute atomic E-state index is 11.0. The zero-order valence-corrected chi connectivity index (χ0v) is 10.5. The predicted octanol–water partition coefficient (Wildman–Crippen LogP) is 1.51. The number of nitrogens with two attached hydrogens (primary N) is 1. The molecule has 7 heteroatoms. The number of fused-ring (bicyclic) bond motifs is 1. The van der Waals surface area contributed by atoms with Gasteiger partial charge in [0.1, 0.15) is 5.75 Å². The van der Waals surface area contributed by atoms with Crippen LogP contribution >= 0.6 is 0 Å². The predicted molar refractivity (Wildman–Crippen MR) is 73.0 cm³/mol. The number of carbonyl (C=O) groups is 1. The van der Waals surface area contributed by atoms with Gasteiger partial charge in [-0.3, -0.25) is 20.3 Å². The van der Waals surface area contributed by atoms with Crippen LogP contribution in [0, 0.1) is 10.1 Å². The highest BCUT2D eigenvalue weighted by molar-refractivity contribution is 5.95. The minimum atomic E-state index is -0.437. The highest BCUT2D eigenvalue weighted by atomic mass is 16.6. The number of hydrogen-bond acceptors (Lipinski definition) is 5. The Bertz CT molecular complexity index is 657. The van der Waals surface area contributed by atoms with Crippen molar-refractivity contribution in [3.05, 3.63) is 46.5 Å². The van der Waals surface area contributed by atoms with E-state index in [1.807, 2.05) is 5.43 Å². The third-order valence-electron chi connectivity index (χ3n) is 2.81. The van der Waals surface area contributed by atoms with Crippen LogP contribution < -0.4 is 16.0 Å². The van der Waals surface area contributed by atoms with Crippen LogP contribution in [0.2, 0.25) is 0 Å². The van der Waals surface area contributed by atoms with Gasteiger partial charge in [0.2, 0.25) is 5.91 Å². The highest BCUT2D eigenvalue weighted by Gasteiger charge is 2.14. The van der Waals surface area contributed by atoms with E-state index < -0.39 is 4.92 Å². The Balaban J connectivity index is 2.29. The maximum Gasteiger partial charge on any atom is 0.277 e. The molecule has 7 nitrogen and oxygen atoms in total. The van der Waals surface area contributed by atoms with Gasteiger partial charge in [0.25, 0.3) is 5.69 Å². The quantitative estimate of drug-likeness (QED) is 0.372. The van der Waals surface area contributed by atoms with E-state index in [0.717, 1.165) is 0 Å². The molecule has 0 atom stereocenters. The fourth-order valence-corrected chi connectivity index (χ4v) is 1.87. The molecule has 0 aromatic heterocycles. The summed E-state index contributed by atoms with van der Waals surface area (Å²) in [6.45, 7) is 0.144. The number of non-ortho nitro benzene ring substituents is 1. The van der Waals surface area contributed by atoms with Crippen LogP contribution in [-0.2, 0) is 4.79 Å². The van der Waals surface area contributed by atoms with Crippen molar-refractivity contribution in [3.63, 3.8) is 0 Å². The van der Waals surface area contributed by atoms with Crippen molar-refractivity contribution in [3.8, 4) is 5.75 Å². The van der Waals surface area contributed by atoms with Gasteiger partial charge < -0.3 is 4.74 Å². The van der Waals surface area contributed by atoms with Crippen LogP contribution in [0.1, 0.15) is 6.42 Å². The van der Waals surface area contributed by atoms with E-state index in [2.05, 4.69) is 0 Å². The van der Waals surface area contributed by atoms with E-state index in [9.17, 15) is 14.9 Å². The van der Waals surface area contributed by atoms with Crippen LogP contribution in [0.15, 0.2) is 36.4 Å². The lowest BCUT2D eigenvalue weighted by atomic mass is 10.1. The number of nitrogens with zero attached hydrogens (tertiary/aromatic N) is 1. The summed E-state index contributed by atoms with van der Waals surface area (Å²) in [5.74, 6) is 5.12. The smallest absolute Gasteiger partial charge is 0.277 e. The Hall–Kier alpha value is -2.67. The van der Waals surface area contributed by atoms with Crippen molar-refractivity contribution in [2.45, 2.75) is 6.42 Å². The standard InChI is InChI=1S/C13H13N3O4/c14-15-13(17)7-8-20-12-6-5-11(16(18)19)9-3-1-2-4-10(9)12/h1-6H,7-8,14H2,(H,15,17). The Labute approximate surface area is 114 Å². The molecule has 0 radical (unpaired) electrons. The molecule has 0 aliphatic carbocycles. The Kier molecular flexibility index (Phi) is 4.11. The Morgan fingerprint density at radius 1 is 1.25 bits per heavy atom.